The predicted molar refractivity (Wildman–Crippen MR) is 128 cm³/mol. The number of aliphatic hydroxyl groups is 1. The SMILES string of the molecule is CC(O)C(NC(=O)C1CCCN1C(=O)C(CCCN=C(N)N)NC(=O)C(N)Cc1cnc[nH]1)C(=O)O. The number of aliphatic imine (C=N–C) groups is 1. The number of H-pyrrole nitrogens is 1. The number of carbonyl (C=O) groups excluding carboxylic acids is 3. The van der Waals surface area contributed by atoms with Crippen LogP contribution in [-0.4, -0.2) is 98.1 Å². The molecule has 2 rings (SSSR count). The highest BCUT2D eigenvalue weighted by Crippen LogP contribution is 2.20. The number of likely N-dealkylation sites (tertiary alicyclic amines) is 1. The number of nitrogens with one attached hydrogen (secondary N) is 3. The number of carboxylic acids is 1. The molecule has 0 radical (unpaired) electrons. The molecule has 1 aromatic rings. The van der Waals surface area contributed by atoms with Gasteiger partial charge >= 0.3 is 5.97 Å². The summed E-state index contributed by atoms with van der Waals surface area (Å²) in [5.74, 6) is -3.28. The third-order valence-corrected chi connectivity index (χ3v) is 5.78. The van der Waals surface area contributed by atoms with Gasteiger partial charge in [-0.1, -0.05) is 0 Å². The normalized spacial score (nSPS) is 18.5. The number of aromatic amines is 1. The maximum atomic E-state index is 13.4. The van der Waals surface area contributed by atoms with Gasteiger partial charge in [-0.2, -0.15) is 0 Å². The molecule has 1 aliphatic rings. The third-order valence-electron chi connectivity index (χ3n) is 5.78. The Labute approximate surface area is 207 Å². The van der Waals surface area contributed by atoms with Crippen molar-refractivity contribution in [3.8, 4) is 0 Å². The van der Waals surface area contributed by atoms with Gasteiger partial charge in [-0.25, -0.2) is 9.78 Å². The fraction of sp³-hybridized carbons (Fsp3) is 0.619. The standard InChI is InChI=1S/C21H35N9O6/c1-11(31)16(20(35)36)29-18(33)15-5-3-7-30(15)19(34)14(4-2-6-26-21(23)24)28-17(32)13(22)8-12-9-25-10-27-12/h9-11,13-16,31H,2-8,22H2,1H3,(H,25,27)(H,28,32)(H,29,33)(H,35,36)(H4,23,24,26). The molecule has 0 aromatic carbocycles. The van der Waals surface area contributed by atoms with E-state index in [0.717, 1.165) is 0 Å². The van der Waals surface area contributed by atoms with Gasteiger partial charge in [0.2, 0.25) is 17.7 Å². The first-order valence-electron chi connectivity index (χ1n) is 11.6. The summed E-state index contributed by atoms with van der Waals surface area (Å²) in [4.78, 5) is 62.3. The van der Waals surface area contributed by atoms with Crippen molar-refractivity contribution in [3.05, 3.63) is 18.2 Å². The monoisotopic (exact) mass is 509 g/mol. The van der Waals surface area contributed by atoms with E-state index in [9.17, 15) is 29.4 Å². The van der Waals surface area contributed by atoms with Gasteiger partial charge in [0.05, 0.1) is 18.5 Å². The van der Waals surface area contributed by atoms with Crippen LogP contribution in [0.3, 0.4) is 0 Å². The Balaban J connectivity index is 2.13. The molecule has 3 amide bonds. The van der Waals surface area contributed by atoms with Gasteiger partial charge in [-0.3, -0.25) is 19.4 Å². The van der Waals surface area contributed by atoms with Gasteiger partial charge in [0.15, 0.2) is 12.0 Å². The summed E-state index contributed by atoms with van der Waals surface area (Å²) in [6, 6.07) is -4.45. The first-order valence-corrected chi connectivity index (χ1v) is 11.6. The zero-order chi connectivity index (χ0) is 26.8. The van der Waals surface area contributed by atoms with Crippen molar-refractivity contribution >= 4 is 29.7 Å². The van der Waals surface area contributed by atoms with E-state index >= 15 is 0 Å². The van der Waals surface area contributed by atoms with Crippen molar-refractivity contribution < 1.29 is 29.4 Å². The minimum absolute atomic E-state index is 0.106. The number of aromatic nitrogens is 2. The molecule has 15 nitrogen and oxygen atoms in total. The van der Waals surface area contributed by atoms with Crippen LogP contribution in [0, 0.1) is 0 Å². The summed E-state index contributed by atoms with van der Waals surface area (Å²) in [5, 5.41) is 23.9. The highest BCUT2D eigenvalue weighted by atomic mass is 16.4. The number of hydrogen-bond acceptors (Lipinski definition) is 8. The number of carboxylic acid groups (broad SMARTS) is 1. The summed E-state index contributed by atoms with van der Waals surface area (Å²) in [7, 11) is 0. The molecular weight excluding hydrogens is 474 g/mol. The van der Waals surface area contributed by atoms with Crippen molar-refractivity contribution in [1.82, 2.24) is 25.5 Å². The zero-order valence-corrected chi connectivity index (χ0v) is 20.1. The number of aliphatic carboxylic acids is 1. The van der Waals surface area contributed by atoms with Gasteiger partial charge in [-0.15, -0.1) is 0 Å². The van der Waals surface area contributed by atoms with E-state index in [1.807, 2.05) is 0 Å². The molecule has 1 saturated heterocycles. The molecule has 0 spiro atoms. The summed E-state index contributed by atoms with van der Waals surface area (Å²) in [6.07, 6.45) is 3.17. The molecule has 0 aliphatic carbocycles. The molecular formula is C21H35N9O6. The number of carbonyl (C=O) groups is 4. The van der Waals surface area contributed by atoms with E-state index in [-0.39, 0.29) is 31.9 Å². The van der Waals surface area contributed by atoms with Gasteiger partial charge in [0, 0.05) is 31.4 Å². The van der Waals surface area contributed by atoms with Gasteiger partial charge < -0.3 is 47.9 Å². The van der Waals surface area contributed by atoms with Crippen LogP contribution in [0.2, 0.25) is 0 Å². The lowest BCUT2D eigenvalue weighted by atomic mass is 10.1. The topological polar surface area (TPSA) is 255 Å². The molecule has 5 unspecified atom stereocenters. The van der Waals surface area contributed by atoms with E-state index < -0.39 is 54.0 Å². The van der Waals surface area contributed by atoms with Crippen LogP contribution in [0.4, 0.5) is 0 Å². The summed E-state index contributed by atoms with van der Waals surface area (Å²) in [6.45, 7) is 1.70. The van der Waals surface area contributed by atoms with Crippen LogP contribution < -0.4 is 27.8 Å². The minimum Gasteiger partial charge on any atom is -0.480 e. The van der Waals surface area contributed by atoms with E-state index in [2.05, 4.69) is 25.6 Å². The summed E-state index contributed by atoms with van der Waals surface area (Å²) in [5.41, 5.74) is 17.3. The Morgan fingerprint density at radius 2 is 2.03 bits per heavy atom. The van der Waals surface area contributed by atoms with Gasteiger partial charge in [-0.05, 0) is 32.6 Å². The predicted octanol–water partition coefficient (Wildman–Crippen LogP) is -3.24. The molecule has 2 heterocycles. The van der Waals surface area contributed by atoms with Gasteiger partial charge in [0.1, 0.15) is 12.1 Å². The van der Waals surface area contributed by atoms with Crippen LogP contribution in [0.15, 0.2) is 17.5 Å². The van der Waals surface area contributed by atoms with E-state index in [0.29, 0.717) is 25.0 Å². The molecule has 200 valence electrons. The Morgan fingerprint density at radius 3 is 2.61 bits per heavy atom. The molecule has 0 saturated carbocycles. The number of rotatable bonds is 13. The number of imidazole rings is 1. The fourth-order valence-corrected chi connectivity index (χ4v) is 3.91. The van der Waals surface area contributed by atoms with Crippen LogP contribution in [-0.2, 0) is 25.6 Å². The molecule has 1 aromatic heterocycles. The first kappa shape index (κ1) is 28.5. The Hall–Kier alpha value is -3.72. The van der Waals surface area contributed by atoms with Crippen LogP contribution in [0.25, 0.3) is 0 Å². The number of guanidine groups is 1. The Kier molecular flexibility index (Phi) is 10.6. The van der Waals surface area contributed by atoms with Crippen LogP contribution in [0.5, 0.6) is 0 Å². The van der Waals surface area contributed by atoms with Crippen molar-refractivity contribution in [2.75, 3.05) is 13.1 Å². The molecule has 15 heteroatoms. The third kappa shape index (κ3) is 8.20. The first-order chi connectivity index (χ1) is 17.0. The average Bonchev–Trinajstić information content (AvgIpc) is 3.50. The zero-order valence-electron chi connectivity index (χ0n) is 20.1. The molecule has 5 atom stereocenters. The lowest BCUT2D eigenvalue weighted by Crippen LogP contribution is -2.58. The quantitative estimate of drug-likeness (QED) is 0.0748. The average molecular weight is 510 g/mol. The van der Waals surface area contributed by atoms with Gasteiger partial charge in [0.25, 0.3) is 0 Å². The molecule has 1 fully saturated rings. The van der Waals surface area contributed by atoms with Crippen molar-refractivity contribution in [2.45, 2.75) is 69.3 Å². The number of hydrogen-bond donors (Lipinski definition) is 8. The molecule has 11 N–H and O–H groups in total. The smallest absolute Gasteiger partial charge is 0.328 e. The lowest BCUT2D eigenvalue weighted by molar-refractivity contribution is -0.147. The second-order valence-electron chi connectivity index (χ2n) is 8.65. The Bertz CT molecular complexity index is 932. The number of nitrogens with two attached hydrogens (primary N) is 3. The van der Waals surface area contributed by atoms with Crippen LogP contribution in [0.1, 0.15) is 38.3 Å². The van der Waals surface area contributed by atoms with E-state index in [1.165, 1.54) is 24.3 Å². The summed E-state index contributed by atoms with van der Waals surface area (Å²) < 4.78 is 0. The molecule has 36 heavy (non-hydrogen) atoms. The highest BCUT2D eigenvalue weighted by Gasteiger charge is 2.39. The number of nitrogens with zero attached hydrogens (tertiary/aromatic N) is 3. The second kappa shape index (κ2) is 13.4. The second-order valence-corrected chi connectivity index (χ2v) is 8.65. The molecule has 0 bridgehead atoms. The maximum absolute atomic E-state index is 13.4. The highest BCUT2D eigenvalue weighted by molar-refractivity contribution is 5.94. The lowest BCUT2D eigenvalue weighted by Gasteiger charge is -2.30. The Morgan fingerprint density at radius 1 is 1.31 bits per heavy atom. The van der Waals surface area contributed by atoms with Crippen molar-refractivity contribution in [3.63, 3.8) is 0 Å². The fourth-order valence-electron chi connectivity index (χ4n) is 3.91. The maximum Gasteiger partial charge on any atom is 0.328 e. The van der Waals surface area contributed by atoms with Crippen LogP contribution >= 0.6 is 0 Å². The van der Waals surface area contributed by atoms with Crippen molar-refractivity contribution in [2.24, 2.45) is 22.2 Å². The largest absolute Gasteiger partial charge is 0.480 e. The number of aliphatic hydroxyl groups excluding tert-OH is 1. The summed E-state index contributed by atoms with van der Waals surface area (Å²) >= 11 is 0. The van der Waals surface area contributed by atoms with E-state index in [4.69, 9.17) is 17.2 Å². The number of amides is 3. The van der Waals surface area contributed by atoms with E-state index in [1.54, 1.807) is 0 Å². The minimum atomic E-state index is -1.52. The molecule has 1 aliphatic heterocycles. The van der Waals surface area contributed by atoms with Crippen molar-refractivity contribution in [1.29, 1.82) is 0 Å².